The Morgan fingerprint density at radius 3 is 2.57 bits per heavy atom. The molecule has 4 heteroatoms. The Bertz CT molecular complexity index is 677. The van der Waals surface area contributed by atoms with Crippen molar-refractivity contribution in [2.45, 2.75) is 13.3 Å². The number of nitrogens with zero attached hydrogens (tertiary/aromatic N) is 1. The summed E-state index contributed by atoms with van der Waals surface area (Å²) in [6, 6.07) is 14.1. The fourth-order valence-electron chi connectivity index (χ4n) is 2.04. The lowest BCUT2D eigenvalue weighted by molar-refractivity contribution is -0.113. The second-order valence-corrected chi connectivity index (χ2v) is 5.13. The lowest BCUT2D eigenvalue weighted by Crippen LogP contribution is -2.23. The molecule has 1 N–H and O–H groups in total. The summed E-state index contributed by atoms with van der Waals surface area (Å²) in [5.74, 6) is 0.791. The van der Waals surface area contributed by atoms with Gasteiger partial charge >= 0.3 is 0 Å². The van der Waals surface area contributed by atoms with E-state index in [1.54, 1.807) is 37.4 Å². The Morgan fingerprint density at radius 2 is 1.87 bits per heavy atom. The first-order valence-electron chi connectivity index (χ1n) is 7.58. The van der Waals surface area contributed by atoms with Gasteiger partial charge in [-0.05, 0) is 42.8 Å². The standard InChI is InChI=1S/C19H21NO3/c1-3-14-23-18-7-5-4-6-15(18)8-13-19(22)20(2)16-9-11-17(21)12-10-16/h4-13,21H,3,14H2,1-2H3/b13-8+. The SMILES string of the molecule is CCCOc1ccccc1/C=C/C(=O)N(C)c1ccc(O)cc1. The van der Waals surface area contributed by atoms with Gasteiger partial charge in [0.1, 0.15) is 11.5 Å². The fraction of sp³-hybridized carbons (Fsp3) is 0.211. The summed E-state index contributed by atoms with van der Waals surface area (Å²) in [7, 11) is 1.69. The Labute approximate surface area is 136 Å². The monoisotopic (exact) mass is 311 g/mol. The number of para-hydroxylation sites is 1. The van der Waals surface area contributed by atoms with Crippen LogP contribution in [0, 0.1) is 0 Å². The number of phenols is 1. The van der Waals surface area contributed by atoms with Crippen molar-refractivity contribution < 1.29 is 14.6 Å². The summed E-state index contributed by atoms with van der Waals surface area (Å²) in [4.78, 5) is 13.8. The van der Waals surface area contributed by atoms with Gasteiger partial charge in [-0.25, -0.2) is 0 Å². The number of hydrogen-bond donors (Lipinski definition) is 1. The molecule has 0 unspecified atom stereocenters. The molecule has 1 amide bonds. The van der Waals surface area contributed by atoms with Crippen LogP contribution in [-0.2, 0) is 4.79 Å². The van der Waals surface area contributed by atoms with Gasteiger partial charge < -0.3 is 14.7 Å². The zero-order chi connectivity index (χ0) is 16.7. The summed E-state index contributed by atoms with van der Waals surface area (Å²) in [6.45, 7) is 2.70. The van der Waals surface area contributed by atoms with E-state index >= 15 is 0 Å². The van der Waals surface area contributed by atoms with E-state index in [4.69, 9.17) is 4.74 Å². The zero-order valence-corrected chi connectivity index (χ0v) is 13.4. The highest BCUT2D eigenvalue weighted by Crippen LogP contribution is 2.21. The lowest BCUT2D eigenvalue weighted by Gasteiger charge is -2.15. The number of aromatic hydroxyl groups is 1. The molecule has 2 aromatic rings. The Hall–Kier alpha value is -2.75. The van der Waals surface area contributed by atoms with E-state index in [-0.39, 0.29) is 11.7 Å². The minimum absolute atomic E-state index is 0.152. The van der Waals surface area contributed by atoms with Crippen molar-refractivity contribution in [1.82, 2.24) is 0 Å². The maximum absolute atomic E-state index is 12.3. The molecule has 0 aliphatic rings. The predicted octanol–water partition coefficient (Wildman–Crippen LogP) is 3.86. The molecule has 0 saturated carbocycles. The number of carbonyl (C=O) groups is 1. The van der Waals surface area contributed by atoms with Gasteiger partial charge in [-0.2, -0.15) is 0 Å². The highest BCUT2D eigenvalue weighted by Gasteiger charge is 2.08. The molecule has 0 aliphatic heterocycles. The molecule has 0 aromatic heterocycles. The van der Waals surface area contributed by atoms with Crippen molar-refractivity contribution in [2.24, 2.45) is 0 Å². The lowest BCUT2D eigenvalue weighted by atomic mass is 10.2. The number of benzene rings is 2. The van der Waals surface area contributed by atoms with E-state index < -0.39 is 0 Å². The summed E-state index contributed by atoms with van der Waals surface area (Å²) >= 11 is 0. The Morgan fingerprint density at radius 1 is 1.17 bits per heavy atom. The van der Waals surface area contributed by atoms with Gasteiger partial charge in [-0.15, -0.1) is 0 Å². The van der Waals surface area contributed by atoms with E-state index in [0.717, 1.165) is 17.7 Å². The van der Waals surface area contributed by atoms with Crippen LogP contribution in [0.3, 0.4) is 0 Å². The van der Waals surface area contributed by atoms with Gasteiger partial charge in [0, 0.05) is 24.4 Å². The van der Waals surface area contributed by atoms with Crippen molar-refractivity contribution in [3.8, 4) is 11.5 Å². The van der Waals surface area contributed by atoms with Crippen LogP contribution in [-0.4, -0.2) is 24.7 Å². The van der Waals surface area contributed by atoms with Crippen LogP contribution >= 0.6 is 0 Å². The van der Waals surface area contributed by atoms with Crippen LogP contribution < -0.4 is 9.64 Å². The summed E-state index contributed by atoms with van der Waals surface area (Å²) < 4.78 is 5.67. The molecule has 0 saturated heterocycles. The first-order chi connectivity index (χ1) is 11.1. The van der Waals surface area contributed by atoms with Crippen LogP contribution in [0.5, 0.6) is 11.5 Å². The van der Waals surface area contributed by atoms with E-state index in [2.05, 4.69) is 6.92 Å². The molecule has 0 heterocycles. The molecule has 120 valence electrons. The van der Waals surface area contributed by atoms with E-state index in [1.807, 2.05) is 24.3 Å². The topological polar surface area (TPSA) is 49.8 Å². The molecule has 23 heavy (non-hydrogen) atoms. The molecule has 0 atom stereocenters. The van der Waals surface area contributed by atoms with E-state index in [0.29, 0.717) is 12.3 Å². The molecule has 4 nitrogen and oxygen atoms in total. The molecule has 0 spiro atoms. The summed E-state index contributed by atoms with van der Waals surface area (Å²) in [6.07, 6.45) is 4.20. The summed E-state index contributed by atoms with van der Waals surface area (Å²) in [5.41, 5.74) is 1.58. The van der Waals surface area contributed by atoms with Crippen molar-refractivity contribution in [1.29, 1.82) is 0 Å². The third kappa shape index (κ3) is 4.61. The third-order valence-electron chi connectivity index (χ3n) is 3.35. The second kappa shape index (κ2) is 8.03. The van der Waals surface area contributed by atoms with Crippen LogP contribution in [0.2, 0.25) is 0 Å². The first kappa shape index (κ1) is 16.6. The molecule has 0 fully saturated rings. The number of anilines is 1. The molecule has 0 radical (unpaired) electrons. The molecular formula is C19H21NO3. The minimum Gasteiger partial charge on any atom is -0.508 e. The van der Waals surface area contributed by atoms with Gasteiger partial charge in [-0.3, -0.25) is 4.79 Å². The van der Waals surface area contributed by atoms with E-state index in [1.165, 1.54) is 11.0 Å². The van der Waals surface area contributed by atoms with Gasteiger partial charge in [0.2, 0.25) is 0 Å². The van der Waals surface area contributed by atoms with Crippen molar-refractivity contribution in [3.63, 3.8) is 0 Å². The molecule has 0 aliphatic carbocycles. The predicted molar refractivity (Wildman–Crippen MR) is 92.8 cm³/mol. The number of carbonyl (C=O) groups excluding carboxylic acids is 1. The molecule has 2 rings (SSSR count). The van der Waals surface area contributed by atoms with Crippen LogP contribution in [0.1, 0.15) is 18.9 Å². The number of phenolic OH excluding ortho intramolecular Hbond substituents is 1. The number of amides is 1. The smallest absolute Gasteiger partial charge is 0.250 e. The minimum atomic E-state index is -0.152. The number of rotatable bonds is 6. The van der Waals surface area contributed by atoms with Crippen molar-refractivity contribution >= 4 is 17.7 Å². The van der Waals surface area contributed by atoms with Crippen LogP contribution in [0.4, 0.5) is 5.69 Å². The number of likely N-dealkylation sites (N-methyl/N-ethyl adjacent to an activating group) is 1. The Balaban J connectivity index is 2.10. The molecular weight excluding hydrogens is 290 g/mol. The highest BCUT2D eigenvalue weighted by molar-refractivity contribution is 6.03. The van der Waals surface area contributed by atoms with Crippen LogP contribution in [0.15, 0.2) is 54.6 Å². The summed E-state index contributed by atoms with van der Waals surface area (Å²) in [5, 5.41) is 9.30. The number of hydrogen-bond acceptors (Lipinski definition) is 3. The zero-order valence-electron chi connectivity index (χ0n) is 13.4. The fourth-order valence-corrected chi connectivity index (χ4v) is 2.04. The molecule has 0 bridgehead atoms. The Kier molecular flexibility index (Phi) is 5.80. The average Bonchev–Trinajstić information content (AvgIpc) is 2.58. The highest BCUT2D eigenvalue weighted by atomic mass is 16.5. The maximum Gasteiger partial charge on any atom is 0.250 e. The quantitative estimate of drug-likeness (QED) is 0.824. The number of ether oxygens (including phenoxy) is 1. The first-order valence-corrected chi connectivity index (χ1v) is 7.58. The van der Waals surface area contributed by atoms with Gasteiger partial charge in [0.15, 0.2) is 0 Å². The average molecular weight is 311 g/mol. The largest absolute Gasteiger partial charge is 0.508 e. The third-order valence-corrected chi connectivity index (χ3v) is 3.35. The van der Waals surface area contributed by atoms with Crippen molar-refractivity contribution in [3.05, 3.63) is 60.2 Å². The molecule has 2 aromatic carbocycles. The van der Waals surface area contributed by atoms with Gasteiger partial charge in [0.05, 0.1) is 6.61 Å². The van der Waals surface area contributed by atoms with Crippen LogP contribution in [0.25, 0.3) is 6.08 Å². The van der Waals surface area contributed by atoms with Crippen molar-refractivity contribution in [2.75, 3.05) is 18.6 Å². The van der Waals surface area contributed by atoms with Gasteiger partial charge in [-0.1, -0.05) is 25.1 Å². The second-order valence-electron chi connectivity index (χ2n) is 5.13. The van der Waals surface area contributed by atoms with Gasteiger partial charge in [0.25, 0.3) is 5.91 Å². The normalized spacial score (nSPS) is 10.7. The maximum atomic E-state index is 12.3. The van der Waals surface area contributed by atoms with E-state index in [9.17, 15) is 9.90 Å².